The quantitative estimate of drug-likeness (QED) is 0.223. The fourth-order valence-corrected chi connectivity index (χ4v) is 0.774. The van der Waals surface area contributed by atoms with E-state index >= 15 is 0 Å². The first-order chi connectivity index (χ1) is 6.58. The van der Waals surface area contributed by atoms with E-state index in [1.54, 1.807) is 0 Å². The number of Topliss-reactive ketones (excluding diaryl/α,β-unsaturated/α-hetero) is 1. The van der Waals surface area contributed by atoms with Crippen molar-refractivity contribution in [3.05, 3.63) is 10.4 Å². The molecule has 0 spiro atoms. The van der Waals surface area contributed by atoms with Crippen molar-refractivity contribution in [2.45, 2.75) is 18.2 Å². The number of carbonyl (C=O) groups excluding carboxylic acids is 1. The minimum absolute atomic E-state index is 0.707. The van der Waals surface area contributed by atoms with Crippen molar-refractivity contribution < 1.29 is 25.2 Å². The van der Waals surface area contributed by atoms with Gasteiger partial charge in [0.2, 0.25) is 0 Å². The third-order valence-corrected chi connectivity index (χ3v) is 1.59. The second-order valence-corrected chi connectivity index (χ2v) is 2.51. The lowest BCUT2D eigenvalue weighted by molar-refractivity contribution is -0.136. The van der Waals surface area contributed by atoms with Crippen LogP contribution in [0.1, 0.15) is 0 Å². The van der Waals surface area contributed by atoms with Gasteiger partial charge >= 0.3 is 0 Å². The Morgan fingerprint density at radius 3 is 2.36 bits per heavy atom. The molecule has 0 aliphatic heterocycles. The summed E-state index contributed by atoms with van der Waals surface area (Å²) >= 11 is 0. The predicted molar refractivity (Wildman–Crippen MR) is 44.1 cm³/mol. The number of nitrogens with zero attached hydrogens (tertiary/aromatic N) is 3. The van der Waals surface area contributed by atoms with Gasteiger partial charge in [-0.15, -0.1) is 0 Å². The molecule has 8 heteroatoms. The van der Waals surface area contributed by atoms with Gasteiger partial charge in [0.05, 0.1) is 18.8 Å². The number of aliphatic hydroxyl groups is 4. The molecule has 0 amide bonds. The lowest BCUT2D eigenvalue weighted by Gasteiger charge is -2.20. The van der Waals surface area contributed by atoms with Crippen molar-refractivity contribution in [2.75, 3.05) is 13.2 Å². The Morgan fingerprint density at radius 1 is 1.43 bits per heavy atom. The molecule has 3 atom stereocenters. The number of hydrogen-bond acceptors (Lipinski definition) is 6. The van der Waals surface area contributed by atoms with E-state index in [4.69, 9.17) is 20.9 Å². The second-order valence-electron chi connectivity index (χ2n) is 2.51. The number of aliphatic hydroxyl groups excluding tert-OH is 4. The largest absolute Gasteiger partial charge is 0.396 e. The van der Waals surface area contributed by atoms with Crippen LogP contribution in [-0.2, 0) is 4.79 Å². The summed E-state index contributed by atoms with van der Waals surface area (Å²) in [6.07, 6.45) is -3.60. The van der Waals surface area contributed by atoms with Gasteiger partial charge in [0.1, 0.15) is 12.7 Å². The average Bonchev–Trinajstić information content (AvgIpc) is 2.22. The van der Waals surface area contributed by atoms with Gasteiger partial charge in [-0.05, 0) is 5.53 Å². The maximum atomic E-state index is 10.7. The number of rotatable bonds is 6. The van der Waals surface area contributed by atoms with Crippen LogP contribution in [0.4, 0.5) is 0 Å². The molecular weight excluding hydrogens is 194 g/mol. The molecule has 0 aliphatic rings. The summed E-state index contributed by atoms with van der Waals surface area (Å²) in [5.41, 5.74) is 8.01. The number of ketones is 1. The predicted octanol–water partition coefficient (Wildman–Crippen LogP) is -2.06. The lowest BCUT2D eigenvalue weighted by atomic mass is 10.0. The first-order valence-corrected chi connectivity index (χ1v) is 3.73. The molecule has 0 aromatic carbocycles. The van der Waals surface area contributed by atoms with Crippen LogP contribution in [0.25, 0.3) is 10.4 Å². The van der Waals surface area contributed by atoms with E-state index in [9.17, 15) is 9.90 Å². The zero-order valence-corrected chi connectivity index (χ0v) is 7.19. The number of hydrogen-bond donors (Lipinski definition) is 4. The summed E-state index contributed by atoms with van der Waals surface area (Å²) in [5.74, 6) is -1.01. The number of carbonyl (C=O) groups is 1. The zero-order chi connectivity index (χ0) is 11.1. The van der Waals surface area contributed by atoms with E-state index in [0.29, 0.717) is 0 Å². The molecule has 0 aromatic heterocycles. The van der Waals surface area contributed by atoms with Crippen molar-refractivity contribution in [2.24, 2.45) is 5.11 Å². The Morgan fingerprint density at radius 2 is 2.00 bits per heavy atom. The normalized spacial score (nSPS) is 16.6. The van der Waals surface area contributed by atoms with E-state index in [2.05, 4.69) is 10.0 Å². The van der Waals surface area contributed by atoms with Crippen LogP contribution in [0.3, 0.4) is 0 Å². The van der Waals surface area contributed by atoms with E-state index in [1.807, 2.05) is 0 Å². The summed E-state index contributed by atoms with van der Waals surface area (Å²) in [5, 5.41) is 38.2. The topological polar surface area (TPSA) is 147 Å². The Balaban J connectivity index is 4.48. The molecule has 14 heavy (non-hydrogen) atoms. The van der Waals surface area contributed by atoms with E-state index < -0.39 is 37.2 Å². The van der Waals surface area contributed by atoms with Crippen LogP contribution in [0, 0.1) is 0 Å². The summed E-state index contributed by atoms with van der Waals surface area (Å²) in [6, 6.07) is -1.31. The molecule has 8 nitrogen and oxygen atoms in total. The van der Waals surface area contributed by atoms with Crippen molar-refractivity contribution in [3.63, 3.8) is 0 Å². The van der Waals surface area contributed by atoms with Crippen LogP contribution < -0.4 is 0 Å². The molecule has 80 valence electrons. The Hall–Kier alpha value is -1.18. The fraction of sp³-hybridized carbons (Fsp3) is 0.833. The molecule has 0 unspecified atom stereocenters. The first kappa shape index (κ1) is 12.8. The Bertz CT molecular complexity index is 240. The van der Waals surface area contributed by atoms with Gasteiger partial charge in [0.15, 0.2) is 5.78 Å². The fourth-order valence-electron chi connectivity index (χ4n) is 0.774. The molecule has 0 aliphatic carbocycles. The average molecular weight is 205 g/mol. The smallest absolute Gasteiger partial charge is 0.189 e. The second kappa shape index (κ2) is 6.30. The summed E-state index contributed by atoms with van der Waals surface area (Å²) in [4.78, 5) is 13.0. The maximum absolute atomic E-state index is 10.7. The molecule has 0 saturated heterocycles. The van der Waals surface area contributed by atoms with Crippen molar-refractivity contribution >= 4 is 5.78 Å². The molecule has 0 heterocycles. The van der Waals surface area contributed by atoms with E-state index in [0.717, 1.165) is 0 Å². The minimum Gasteiger partial charge on any atom is -0.396 e. The van der Waals surface area contributed by atoms with Crippen molar-refractivity contribution in [3.8, 4) is 0 Å². The summed E-state index contributed by atoms with van der Waals surface area (Å²) in [6.45, 7) is -1.65. The molecule has 4 N–H and O–H groups in total. The summed E-state index contributed by atoms with van der Waals surface area (Å²) in [7, 11) is 0. The Labute approximate surface area is 79.0 Å². The molecule has 0 radical (unpaired) electrons. The highest BCUT2D eigenvalue weighted by molar-refractivity contribution is 5.84. The number of azide groups is 1. The van der Waals surface area contributed by atoms with Crippen LogP contribution in [-0.4, -0.2) is 57.7 Å². The molecular formula is C6H11N3O5. The van der Waals surface area contributed by atoms with Gasteiger partial charge in [0, 0.05) is 4.91 Å². The van der Waals surface area contributed by atoms with Crippen molar-refractivity contribution in [1.82, 2.24) is 0 Å². The van der Waals surface area contributed by atoms with Gasteiger partial charge in [-0.2, -0.15) is 0 Å². The monoisotopic (exact) mass is 205 g/mol. The van der Waals surface area contributed by atoms with Crippen LogP contribution in [0.15, 0.2) is 5.11 Å². The molecule has 0 rings (SSSR count). The third-order valence-electron chi connectivity index (χ3n) is 1.59. The summed E-state index contributed by atoms with van der Waals surface area (Å²) < 4.78 is 0. The zero-order valence-electron chi connectivity index (χ0n) is 7.19. The van der Waals surface area contributed by atoms with Gasteiger partial charge < -0.3 is 20.4 Å². The van der Waals surface area contributed by atoms with Crippen LogP contribution in [0.2, 0.25) is 0 Å². The van der Waals surface area contributed by atoms with E-state index in [1.165, 1.54) is 0 Å². The molecule has 0 saturated carbocycles. The maximum Gasteiger partial charge on any atom is 0.189 e. The van der Waals surface area contributed by atoms with Crippen LogP contribution >= 0.6 is 0 Å². The van der Waals surface area contributed by atoms with Gasteiger partial charge in [-0.3, -0.25) is 4.79 Å². The van der Waals surface area contributed by atoms with E-state index in [-0.39, 0.29) is 0 Å². The van der Waals surface area contributed by atoms with Crippen LogP contribution in [0.5, 0.6) is 0 Å². The highest BCUT2D eigenvalue weighted by Crippen LogP contribution is 2.05. The molecule has 0 fully saturated rings. The molecule has 0 bridgehead atoms. The highest BCUT2D eigenvalue weighted by Gasteiger charge is 2.29. The molecule has 0 aromatic rings. The van der Waals surface area contributed by atoms with Gasteiger partial charge in [0.25, 0.3) is 0 Å². The Kier molecular flexibility index (Phi) is 5.77. The van der Waals surface area contributed by atoms with Gasteiger partial charge in [-0.25, -0.2) is 0 Å². The standard InChI is InChI=1S/C6H11N3O5/c7-9-8-3(1-10)5(13)6(14)4(12)2-11/h3,5-6,10-11,13-14H,1-2H2/t3-,5+,6+/m0/s1. The minimum atomic E-state index is -1.87. The first-order valence-electron chi connectivity index (χ1n) is 3.73. The van der Waals surface area contributed by atoms with Gasteiger partial charge in [-0.1, -0.05) is 5.11 Å². The SMILES string of the molecule is [N-]=[N+]=N[C@@H](CO)[C@@H](O)[C@H](O)C(=O)CO. The third kappa shape index (κ3) is 3.29. The van der Waals surface area contributed by atoms with Crippen molar-refractivity contribution in [1.29, 1.82) is 0 Å². The highest BCUT2D eigenvalue weighted by atomic mass is 16.3. The lowest BCUT2D eigenvalue weighted by Crippen LogP contribution is -2.43.